The van der Waals surface area contributed by atoms with Gasteiger partial charge in [0.05, 0.1) is 15.6 Å². The van der Waals surface area contributed by atoms with Gasteiger partial charge in [0.2, 0.25) is 0 Å². The van der Waals surface area contributed by atoms with Crippen molar-refractivity contribution in [1.29, 1.82) is 0 Å². The predicted molar refractivity (Wildman–Crippen MR) is 80.7 cm³/mol. The minimum Gasteiger partial charge on any atom is -0.397 e. The van der Waals surface area contributed by atoms with Crippen LogP contribution >= 0.6 is 23.2 Å². The van der Waals surface area contributed by atoms with Crippen molar-refractivity contribution in [2.75, 3.05) is 10.5 Å². The summed E-state index contributed by atoms with van der Waals surface area (Å²) < 4.78 is 26.8. The van der Waals surface area contributed by atoms with E-state index in [1.54, 1.807) is 19.1 Å². The first-order valence-corrected chi connectivity index (χ1v) is 7.74. The summed E-state index contributed by atoms with van der Waals surface area (Å²) in [6, 6.07) is 7.36. The first kappa shape index (κ1) is 14.9. The van der Waals surface area contributed by atoms with Gasteiger partial charge in [-0.1, -0.05) is 29.3 Å². The number of halogens is 2. The molecular weight excluding hydrogens is 321 g/mol. The molecule has 0 saturated heterocycles. The van der Waals surface area contributed by atoms with Gasteiger partial charge in [0.1, 0.15) is 11.0 Å². The molecule has 0 aliphatic heterocycles. The molecule has 0 aliphatic carbocycles. The van der Waals surface area contributed by atoms with Gasteiger partial charge >= 0.3 is 0 Å². The highest BCUT2D eigenvalue weighted by Gasteiger charge is 2.17. The minimum atomic E-state index is -3.80. The summed E-state index contributed by atoms with van der Waals surface area (Å²) in [7, 11) is -3.80. The number of nitrogens with one attached hydrogen (secondary N) is 1. The normalized spacial score (nSPS) is 11.3. The number of nitrogens with zero attached hydrogens (tertiary/aromatic N) is 1. The second-order valence-electron chi connectivity index (χ2n) is 4.09. The van der Waals surface area contributed by atoms with Crippen LogP contribution in [0.25, 0.3) is 0 Å². The number of hydrogen-bond donors (Lipinski definition) is 2. The molecule has 1 aromatic heterocycles. The van der Waals surface area contributed by atoms with E-state index in [1.807, 2.05) is 0 Å². The lowest BCUT2D eigenvalue weighted by Crippen LogP contribution is -2.14. The van der Waals surface area contributed by atoms with Gasteiger partial charge in [-0.15, -0.1) is 0 Å². The summed E-state index contributed by atoms with van der Waals surface area (Å²) >= 11 is 11.6. The highest BCUT2D eigenvalue weighted by molar-refractivity contribution is 7.92. The number of nitrogen functional groups attached to an aromatic ring is 1. The zero-order valence-corrected chi connectivity index (χ0v) is 12.7. The van der Waals surface area contributed by atoms with Crippen LogP contribution in [-0.4, -0.2) is 13.4 Å². The van der Waals surface area contributed by atoms with E-state index in [0.29, 0.717) is 10.6 Å². The summed E-state index contributed by atoms with van der Waals surface area (Å²) in [5.41, 5.74) is 6.45. The highest BCUT2D eigenvalue weighted by Crippen LogP contribution is 2.27. The first-order valence-electron chi connectivity index (χ1n) is 5.50. The Balaban J connectivity index is 2.41. The molecule has 8 heteroatoms. The van der Waals surface area contributed by atoms with Crippen molar-refractivity contribution in [1.82, 2.24) is 4.98 Å². The summed E-state index contributed by atoms with van der Waals surface area (Å²) in [5, 5.41) is 0.529. The Morgan fingerprint density at radius 1 is 1.25 bits per heavy atom. The average molecular weight is 332 g/mol. The molecule has 20 heavy (non-hydrogen) atoms. The molecule has 0 saturated carbocycles. The Kier molecular flexibility index (Phi) is 4.08. The van der Waals surface area contributed by atoms with Crippen molar-refractivity contribution in [3.63, 3.8) is 0 Å². The van der Waals surface area contributed by atoms with Crippen LogP contribution in [-0.2, 0) is 10.0 Å². The molecule has 0 spiro atoms. The van der Waals surface area contributed by atoms with Gasteiger partial charge in [-0.2, -0.15) is 0 Å². The average Bonchev–Trinajstić information content (AvgIpc) is 2.34. The molecule has 0 bridgehead atoms. The maximum Gasteiger partial charge on any atom is 0.263 e. The maximum atomic E-state index is 12.2. The first-order chi connectivity index (χ1) is 9.29. The fraction of sp³-hybridized carbons (Fsp3) is 0.0833. The number of hydrogen-bond acceptors (Lipinski definition) is 4. The monoisotopic (exact) mass is 331 g/mol. The number of rotatable bonds is 3. The Morgan fingerprint density at radius 2 is 1.95 bits per heavy atom. The quantitative estimate of drug-likeness (QED) is 0.668. The Hall–Kier alpha value is -1.50. The molecule has 1 aromatic carbocycles. The molecule has 3 N–H and O–H groups in total. The predicted octanol–water partition coefficient (Wildman–Crippen LogP) is 3.08. The van der Waals surface area contributed by atoms with Crippen molar-refractivity contribution >= 4 is 44.7 Å². The van der Waals surface area contributed by atoms with E-state index in [1.165, 1.54) is 18.2 Å². The minimum absolute atomic E-state index is 0.0127. The molecule has 0 amide bonds. The molecule has 0 unspecified atom stereocenters. The lowest BCUT2D eigenvalue weighted by atomic mass is 10.2. The molecule has 106 valence electrons. The third-order valence-corrected chi connectivity index (χ3v) is 4.58. The molecule has 1 heterocycles. The lowest BCUT2D eigenvalue weighted by molar-refractivity contribution is 0.601. The molecule has 0 atom stereocenters. The van der Waals surface area contributed by atoms with E-state index in [-0.39, 0.29) is 21.6 Å². The van der Waals surface area contributed by atoms with Crippen LogP contribution in [0.15, 0.2) is 35.2 Å². The number of aryl methyl sites for hydroxylation is 1. The van der Waals surface area contributed by atoms with Crippen LogP contribution in [0.2, 0.25) is 10.2 Å². The number of sulfonamides is 1. The van der Waals surface area contributed by atoms with Crippen molar-refractivity contribution in [3.05, 3.63) is 46.1 Å². The van der Waals surface area contributed by atoms with E-state index >= 15 is 0 Å². The summed E-state index contributed by atoms with van der Waals surface area (Å²) in [6.07, 6.45) is 0. The van der Waals surface area contributed by atoms with E-state index in [9.17, 15) is 8.42 Å². The van der Waals surface area contributed by atoms with E-state index in [0.717, 1.165) is 0 Å². The Labute approximate surface area is 126 Å². The standard InChI is InChI=1S/C12H11Cl2N3O2S/c1-7-5-8(6-9(15)12(7)14)20(18,19)17-11-4-2-3-10(13)16-11/h2-6H,15H2,1H3,(H,16,17). The Morgan fingerprint density at radius 3 is 2.55 bits per heavy atom. The summed E-state index contributed by atoms with van der Waals surface area (Å²) in [5.74, 6) is 0.128. The largest absolute Gasteiger partial charge is 0.397 e. The van der Waals surface area contributed by atoms with Gasteiger partial charge < -0.3 is 5.73 Å². The van der Waals surface area contributed by atoms with Crippen LogP contribution < -0.4 is 10.5 Å². The molecule has 0 aliphatic rings. The molecule has 5 nitrogen and oxygen atoms in total. The number of pyridine rings is 1. The molecular formula is C12H11Cl2N3O2S. The summed E-state index contributed by atoms with van der Waals surface area (Å²) in [6.45, 7) is 1.68. The van der Waals surface area contributed by atoms with Crippen molar-refractivity contribution in [3.8, 4) is 0 Å². The van der Waals surface area contributed by atoms with Crippen molar-refractivity contribution in [2.45, 2.75) is 11.8 Å². The fourth-order valence-corrected chi connectivity index (χ4v) is 2.97. The zero-order chi connectivity index (χ0) is 14.9. The number of anilines is 2. The second kappa shape index (κ2) is 5.47. The van der Waals surface area contributed by atoms with Gasteiger partial charge in [0, 0.05) is 0 Å². The summed E-state index contributed by atoms with van der Waals surface area (Å²) in [4.78, 5) is 3.88. The van der Waals surface area contributed by atoms with Crippen LogP contribution in [0.1, 0.15) is 5.56 Å². The smallest absolute Gasteiger partial charge is 0.263 e. The zero-order valence-electron chi connectivity index (χ0n) is 10.4. The second-order valence-corrected chi connectivity index (χ2v) is 6.54. The highest BCUT2D eigenvalue weighted by atomic mass is 35.5. The molecule has 2 rings (SSSR count). The topological polar surface area (TPSA) is 85.1 Å². The Bertz CT molecular complexity index is 740. The lowest BCUT2D eigenvalue weighted by Gasteiger charge is -2.10. The van der Waals surface area contributed by atoms with Crippen LogP contribution in [0.5, 0.6) is 0 Å². The number of nitrogens with two attached hydrogens (primary N) is 1. The van der Waals surface area contributed by atoms with Crippen LogP contribution in [0.3, 0.4) is 0 Å². The molecule has 0 radical (unpaired) electrons. The van der Waals surface area contributed by atoms with Crippen LogP contribution in [0, 0.1) is 6.92 Å². The SMILES string of the molecule is Cc1cc(S(=O)(=O)Nc2cccc(Cl)n2)cc(N)c1Cl. The third kappa shape index (κ3) is 3.15. The van der Waals surface area contributed by atoms with Gasteiger partial charge in [0.25, 0.3) is 10.0 Å². The number of benzene rings is 1. The van der Waals surface area contributed by atoms with Crippen molar-refractivity contribution < 1.29 is 8.42 Å². The van der Waals surface area contributed by atoms with Gasteiger partial charge in [-0.25, -0.2) is 13.4 Å². The van der Waals surface area contributed by atoms with E-state index in [2.05, 4.69) is 9.71 Å². The van der Waals surface area contributed by atoms with Gasteiger partial charge in [-0.3, -0.25) is 4.72 Å². The molecule has 2 aromatic rings. The molecule has 0 fully saturated rings. The van der Waals surface area contributed by atoms with E-state index in [4.69, 9.17) is 28.9 Å². The van der Waals surface area contributed by atoms with E-state index < -0.39 is 10.0 Å². The van der Waals surface area contributed by atoms with Crippen molar-refractivity contribution in [2.24, 2.45) is 0 Å². The number of aromatic nitrogens is 1. The van der Waals surface area contributed by atoms with Crippen LogP contribution in [0.4, 0.5) is 11.5 Å². The van der Waals surface area contributed by atoms with Gasteiger partial charge in [0.15, 0.2) is 0 Å². The maximum absolute atomic E-state index is 12.2. The van der Waals surface area contributed by atoms with Gasteiger partial charge in [-0.05, 0) is 36.8 Å². The third-order valence-electron chi connectivity index (χ3n) is 2.52. The fourth-order valence-electron chi connectivity index (χ4n) is 1.58.